The Kier molecular flexibility index (Phi) is 4.83. The lowest BCUT2D eigenvalue weighted by molar-refractivity contribution is -0.121. The smallest absolute Gasteiger partial charge is 0.265 e. The fourth-order valence-corrected chi connectivity index (χ4v) is 2.79. The number of amides is 2. The highest BCUT2D eigenvalue weighted by Gasteiger charge is 2.30. The molecule has 0 aromatic heterocycles. The first kappa shape index (κ1) is 17.8. The molecule has 5 nitrogen and oxygen atoms in total. The molecular formula is C18H15F3N2O3. The van der Waals surface area contributed by atoms with Crippen LogP contribution in [0.2, 0.25) is 0 Å². The monoisotopic (exact) mass is 364 g/mol. The van der Waals surface area contributed by atoms with Crippen LogP contribution >= 0.6 is 0 Å². The molecule has 3 rings (SSSR count). The number of para-hydroxylation sites is 2. The van der Waals surface area contributed by atoms with Crippen LogP contribution in [0.15, 0.2) is 36.4 Å². The number of anilines is 2. The zero-order chi connectivity index (χ0) is 18.8. The van der Waals surface area contributed by atoms with Gasteiger partial charge in [0.25, 0.3) is 5.91 Å². The van der Waals surface area contributed by atoms with Crippen molar-refractivity contribution in [1.29, 1.82) is 0 Å². The molecule has 136 valence electrons. The van der Waals surface area contributed by atoms with E-state index >= 15 is 0 Å². The Morgan fingerprint density at radius 2 is 1.88 bits per heavy atom. The Morgan fingerprint density at radius 3 is 2.65 bits per heavy atom. The SMILES string of the molecule is C[C@@H]1CC(=O)Nc2ccccc2N1C(=O)COc1cc(F)c(F)cc1F. The highest BCUT2D eigenvalue weighted by Crippen LogP contribution is 2.31. The minimum Gasteiger partial charge on any atom is -0.481 e. The molecule has 0 saturated heterocycles. The van der Waals surface area contributed by atoms with E-state index in [-0.39, 0.29) is 12.3 Å². The number of nitrogens with zero attached hydrogens (tertiary/aromatic N) is 1. The molecule has 0 fully saturated rings. The predicted molar refractivity (Wildman–Crippen MR) is 88.4 cm³/mol. The second-order valence-corrected chi connectivity index (χ2v) is 5.87. The summed E-state index contributed by atoms with van der Waals surface area (Å²) >= 11 is 0. The van der Waals surface area contributed by atoms with Gasteiger partial charge in [0.1, 0.15) is 0 Å². The van der Waals surface area contributed by atoms with Crippen molar-refractivity contribution in [3.63, 3.8) is 0 Å². The molecule has 0 saturated carbocycles. The topological polar surface area (TPSA) is 58.6 Å². The van der Waals surface area contributed by atoms with Gasteiger partial charge in [-0.05, 0) is 19.1 Å². The Morgan fingerprint density at radius 1 is 1.19 bits per heavy atom. The van der Waals surface area contributed by atoms with Crippen molar-refractivity contribution in [2.75, 3.05) is 16.8 Å². The van der Waals surface area contributed by atoms with Crippen molar-refractivity contribution in [3.05, 3.63) is 53.8 Å². The summed E-state index contributed by atoms with van der Waals surface area (Å²) < 4.78 is 44.9. The average Bonchev–Trinajstić information content (AvgIpc) is 2.71. The first-order valence-electron chi connectivity index (χ1n) is 7.85. The highest BCUT2D eigenvalue weighted by molar-refractivity contribution is 6.04. The van der Waals surface area contributed by atoms with Gasteiger partial charge in [-0.2, -0.15) is 0 Å². The molecule has 1 aliphatic rings. The van der Waals surface area contributed by atoms with Crippen LogP contribution in [0.1, 0.15) is 13.3 Å². The van der Waals surface area contributed by atoms with E-state index in [0.29, 0.717) is 23.5 Å². The number of ether oxygens (including phenoxy) is 1. The summed E-state index contributed by atoms with van der Waals surface area (Å²) in [6.45, 7) is 1.09. The van der Waals surface area contributed by atoms with Crippen LogP contribution < -0.4 is 15.0 Å². The third-order valence-corrected chi connectivity index (χ3v) is 3.95. The van der Waals surface area contributed by atoms with Gasteiger partial charge in [-0.3, -0.25) is 9.59 Å². The molecule has 1 aliphatic heterocycles. The fraction of sp³-hybridized carbons (Fsp3) is 0.222. The van der Waals surface area contributed by atoms with Crippen LogP contribution in [0, 0.1) is 17.5 Å². The van der Waals surface area contributed by atoms with Gasteiger partial charge in [-0.25, -0.2) is 13.2 Å². The number of rotatable bonds is 3. The predicted octanol–water partition coefficient (Wildman–Crippen LogP) is 3.25. The largest absolute Gasteiger partial charge is 0.481 e. The average molecular weight is 364 g/mol. The van der Waals surface area contributed by atoms with Gasteiger partial charge < -0.3 is 15.0 Å². The normalized spacial score (nSPS) is 16.5. The maximum Gasteiger partial charge on any atom is 0.265 e. The number of halogens is 3. The quantitative estimate of drug-likeness (QED) is 0.851. The summed E-state index contributed by atoms with van der Waals surface area (Å²) in [6.07, 6.45) is 0.0694. The van der Waals surface area contributed by atoms with E-state index in [0.717, 1.165) is 0 Å². The van der Waals surface area contributed by atoms with Crippen LogP contribution in [-0.2, 0) is 9.59 Å². The number of benzene rings is 2. The van der Waals surface area contributed by atoms with Crippen molar-refractivity contribution in [3.8, 4) is 5.75 Å². The first-order chi connectivity index (χ1) is 12.4. The first-order valence-corrected chi connectivity index (χ1v) is 7.85. The second kappa shape index (κ2) is 7.07. The molecule has 0 spiro atoms. The maximum absolute atomic E-state index is 13.6. The molecule has 0 bridgehead atoms. The number of carbonyl (C=O) groups excluding carboxylic acids is 2. The zero-order valence-electron chi connectivity index (χ0n) is 13.8. The van der Waals surface area contributed by atoms with E-state index < -0.39 is 41.8 Å². The fourth-order valence-electron chi connectivity index (χ4n) is 2.79. The summed E-state index contributed by atoms with van der Waals surface area (Å²) in [4.78, 5) is 25.9. The van der Waals surface area contributed by atoms with Gasteiger partial charge in [0.05, 0.1) is 11.4 Å². The molecule has 2 amide bonds. The lowest BCUT2D eigenvalue weighted by atomic mass is 10.1. The third kappa shape index (κ3) is 3.49. The van der Waals surface area contributed by atoms with Gasteiger partial charge in [0, 0.05) is 24.6 Å². The van der Waals surface area contributed by atoms with Crippen LogP contribution in [-0.4, -0.2) is 24.5 Å². The Bertz CT molecular complexity index is 873. The standard InChI is InChI=1S/C18H15F3N2O3/c1-10-6-17(24)22-14-4-2-3-5-15(14)23(10)18(25)9-26-16-8-12(20)11(19)7-13(16)21/h2-5,7-8,10H,6,9H2,1H3,(H,22,24)/t10-/m1/s1. The van der Waals surface area contributed by atoms with E-state index in [1.54, 1.807) is 31.2 Å². The molecule has 26 heavy (non-hydrogen) atoms. The molecule has 0 aliphatic carbocycles. The molecule has 0 radical (unpaired) electrons. The summed E-state index contributed by atoms with van der Waals surface area (Å²) in [6, 6.07) is 7.16. The third-order valence-electron chi connectivity index (χ3n) is 3.95. The number of hydrogen-bond acceptors (Lipinski definition) is 3. The number of fused-ring (bicyclic) bond motifs is 1. The van der Waals surface area contributed by atoms with Crippen molar-refractivity contribution < 1.29 is 27.5 Å². The zero-order valence-corrected chi connectivity index (χ0v) is 13.8. The van der Waals surface area contributed by atoms with Crippen molar-refractivity contribution in [2.45, 2.75) is 19.4 Å². The number of hydrogen-bond donors (Lipinski definition) is 1. The van der Waals surface area contributed by atoms with E-state index in [1.807, 2.05) is 0 Å². The van der Waals surface area contributed by atoms with E-state index in [1.165, 1.54) is 4.90 Å². The van der Waals surface area contributed by atoms with Gasteiger partial charge in [0.15, 0.2) is 29.8 Å². The molecule has 2 aromatic rings. The van der Waals surface area contributed by atoms with E-state index in [9.17, 15) is 22.8 Å². The van der Waals surface area contributed by atoms with Gasteiger partial charge in [-0.1, -0.05) is 12.1 Å². The summed E-state index contributed by atoms with van der Waals surface area (Å²) in [5.41, 5.74) is 0.944. The summed E-state index contributed by atoms with van der Waals surface area (Å²) in [7, 11) is 0. The highest BCUT2D eigenvalue weighted by atomic mass is 19.2. The van der Waals surface area contributed by atoms with Crippen molar-refractivity contribution in [2.24, 2.45) is 0 Å². The molecule has 8 heteroatoms. The lowest BCUT2D eigenvalue weighted by Crippen LogP contribution is -2.41. The molecule has 0 unspecified atom stereocenters. The molecular weight excluding hydrogens is 349 g/mol. The van der Waals surface area contributed by atoms with Gasteiger partial charge in [0.2, 0.25) is 5.91 Å². The van der Waals surface area contributed by atoms with Crippen molar-refractivity contribution >= 4 is 23.2 Å². The lowest BCUT2D eigenvalue weighted by Gasteiger charge is -2.27. The summed E-state index contributed by atoms with van der Waals surface area (Å²) in [5.74, 6) is -5.10. The maximum atomic E-state index is 13.6. The number of nitrogens with one attached hydrogen (secondary N) is 1. The molecule has 2 aromatic carbocycles. The number of carbonyl (C=O) groups is 2. The molecule has 1 atom stereocenters. The van der Waals surface area contributed by atoms with Gasteiger partial charge >= 0.3 is 0 Å². The molecule has 1 heterocycles. The molecule has 1 N–H and O–H groups in total. The van der Waals surface area contributed by atoms with Crippen LogP contribution in [0.25, 0.3) is 0 Å². The minimum atomic E-state index is -1.35. The second-order valence-electron chi connectivity index (χ2n) is 5.87. The van der Waals surface area contributed by atoms with E-state index in [2.05, 4.69) is 5.32 Å². The Labute approximate surface area is 147 Å². The van der Waals surface area contributed by atoms with E-state index in [4.69, 9.17) is 4.74 Å². The van der Waals surface area contributed by atoms with Crippen LogP contribution in [0.5, 0.6) is 5.75 Å². The Hall–Kier alpha value is -3.03. The van der Waals surface area contributed by atoms with Crippen molar-refractivity contribution in [1.82, 2.24) is 0 Å². The van der Waals surface area contributed by atoms with Crippen LogP contribution in [0.4, 0.5) is 24.5 Å². The van der Waals surface area contributed by atoms with Crippen LogP contribution in [0.3, 0.4) is 0 Å². The Balaban J connectivity index is 1.83. The minimum absolute atomic E-state index is 0.0694. The summed E-state index contributed by atoms with van der Waals surface area (Å²) in [5, 5.41) is 2.71. The van der Waals surface area contributed by atoms with Gasteiger partial charge in [-0.15, -0.1) is 0 Å².